The number of carbonyl (C=O) groups excluding carboxylic acids is 1. The number of para-hydroxylation sites is 1. The van der Waals surface area contributed by atoms with Crippen LogP contribution in [-0.4, -0.2) is 42.7 Å². The van der Waals surface area contributed by atoms with Crippen LogP contribution < -0.4 is 5.32 Å². The molecule has 94 valence electrons. The van der Waals surface area contributed by atoms with Crippen LogP contribution >= 0.6 is 0 Å². The molecule has 0 fully saturated rings. The van der Waals surface area contributed by atoms with Crippen LogP contribution in [-0.2, 0) is 4.79 Å². The molecule has 0 saturated carbocycles. The highest BCUT2D eigenvalue weighted by Crippen LogP contribution is 2.13. The molecule has 1 rings (SSSR count). The maximum Gasteiger partial charge on any atom is 0.225 e. The molecule has 0 atom stereocenters. The fraction of sp³-hybridized carbons (Fsp3) is 0.462. The molecular weight excluding hydrogens is 216 g/mol. The van der Waals surface area contributed by atoms with Crippen LogP contribution in [0.1, 0.15) is 12.0 Å². The Morgan fingerprint density at radius 3 is 2.71 bits per heavy atom. The Labute approximate surface area is 102 Å². The number of aliphatic hydroxyl groups excluding tert-OH is 1. The zero-order valence-corrected chi connectivity index (χ0v) is 10.4. The Hall–Kier alpha value is -1.39. The fourth-order valence-electron chi connectivity index (χ4n) is 1.50. The highest BCUT2D eigenvalue weighted by Gasteiger charge is 2.05. The summed E-state index contributed by atoms with van der Waals surface area (Å²) in [6.45, 7) is 3.33. The quantitative estimate of drug-likeness (QED) is 0.781. The number of benzene rings is 1. The van der Waals surface area contributed by atoms with Gasteiger partial charge in [-0.15, -0.1) is 0 Å². The zero-order chi connectivity index (χ0) is 12.7. The second-order valence-electron chi connectivity index (χ2n) is 4.14. The number of likely N-dealkylation sites (N-methyl/N-ethyl adjacent to an activating group) is 1. The first kappa shape index (κ1) is 13.7. The van der Waals surface area contributed by atoms with Gasteiger partial charge in [-0.25, -0.2) is 0 Å². The van der Waals surface area contributed by atoms with Crippen LogP contribution in [0.5, 0.6) is 0 Å². The van der Waals surface area contributed by atoms with Gasteiger partial charge < -0.3 is 15.3 Å². The molecule has 0 unspecified atom stereocenters. The van der Waals surface area contributed by atoms with Crippen molar-refractivity contribution in [3.8, 4) is 0 Å². The molecule has 1 aromatic carbocycles. The monoisotopic (exact) mass is 236 g/mol. The summed E-state index contributed by atoms with van der Waals surface area (Å²) in [4.78, 5) is 13.6. The van der Waals surface area contributed by atoms with Gasteiger partial charge in [-0.3, -0.25) is 4.79 Å². The number of carbonyl (C=O) groups is 1. The summed E-state index contributed by atoms with van der Waals surface area (Å²) >= 11 is 0. The molecule has 2 N–H and O–H groups in total. The molecule has 1 aromatic rings. The molecule has 0 aromatic heterocycles. The van der Waals surface area contributed by atoms with E-state index in [9.17, 15) is 4.79 Å². The molecular formula is C13H20N2O2. The molecule has 4 heteroatoms. The molecule has 0 heterocycles. The van der Waals surface area contributed by atoms with E-state index < -0.39 is 0 Å². The second kappa shape index (κ2) is 7.04. The predicted molar refractivity (Wildman–Crippen MR) is 69.0 cm³/mol. The van der Waals surface area contributed by atoms with Crippen molar-refractivity contribution in [1.82, 2.24) is 4.90 Å². The van der Waals surface area contributed by atoms with Crippen molar-refractivity contribution in [2.75, 3.05) is 32.1 Å². The van der Waals surface area contributed by atoms with Gasteiger partial charge in [-0.1, -0.05) is 18.2 Å². The minimum absolute atomic E-state index is 0.00379. The average Bonchev–Trinajstić information content (AvgIpc) is 2.30. The highest BCUT2D eigenvalue weighted by molar-refractivity contribution is 5.91. The van der Waals surface area contributed by atoms with Gasteiger partial charge in [-0.05, 0) is 25.6 Å². The maximum atomic E-state index is 11.7. The molecule has 0 aliphatic carbocycles. The van der Waals surface area contributed by atoms with E-state index in [4.69, 9.17) is 5.11 Å². The van der Waals surface area contributed by atoms with Gasteiger partial charge in [0.15, 0.2) is 0 Å². The van der Waals surface area contributed by atoms with Gasteiger partial charge in [0.25, 0.3) is 0 Å². The van der Waals surface area contributed by atoms with Gasteiger partial charge in [-0.2, -0.15) is 0 Å². The predicted octanol–water partition coefficient (Wildman–Crippen LogP) is 1.25. The summed E-state index contributed by atoms with van der Waals surface area (Å²) in [5.74, 6) is 0.00379. The van der Waals surface area contributed by atoms with E-state index in [1.165, 1.54) is 0 Å². The first-order chi connectivity index (χ1) is 8.13. The Morgan fingerprint density at radius 1 is 1.35 bits per heavy atom. The number of nitrogens with one attached hydrogen (secondary N) is 1. The van der Waals surface area contributed by atoms with Crippen molar-refractivity contribution >= 4 is 11.6 Å². The Kier molecular flexibility index (Phi) is 5.66. The number of aryl methyl sites for hydroxylation is 1. The Bertz CT molecular complexity index is 366. The van der Waals surface area contributed by atoms with Gasteiger partial charge in [0, 0.05) is 25.2 Å². The Morgan fingerprint density at radius 2 is 2.06 bits per heavy atom. The summed E-state index contributed by atoms with van der Waals surface area (Å²) in [5.41, 5.74) is 1.92. The smallest absolute Gasteiger partial charge is 0.225 e. The van der Waals surface area contributed by atoms with Crippen LogP contribution in [0.4, 0.5) is 5.69 Å². The zero-order valence-electron chi connectivity index (χ0n) is 10.4. The molecule has 0 spiro atoms. The van der Waals surface area contributed by atoms with Crippen molar-refractivity contribution in [1.29, 1.82) is 0 Å². The topological polar surface area (TPSA) is 52.6 Å². The van der Waals surface area contributed by atoms with Crippen molar-refractivity contribution in [2.45, 2.75) is 13.3 Å². The van der Waals surface area contributed by atoms with Crippen molar-refractivity contribution in [3.05, 3.63) is 29.8 Å². The average molecular weight is 236 g/mol. The third-order valence-corrected chi connectivity index (χ3v) is 2.62. The van der Waals surface area contributed by atoms with Gasteiger partial charge in [0.2, 0.25) is 5.91 Å². The van der Waals surface area contributed by atoms with E-state index >= 15 is 0 Å². The molecule has 0 aliphatic rings. The number of hydrogen-bond donors (Lipinski definition) is 2. The van der Waals surface area contributed by atoms with Crippen molar-refractivity contribution < 1.29 is 9.90 Å². The molecule has 4 nitrogen and oxygen atoms in total. The van der Waals surface area contributed by atoms with Gasteiger partial charge in [0.05, 0.1) is 6.61 Å². The first-order valence-corrected chi connectivity index (χ1v) is 5.78. The van der Waals surface area contributed by atoms with Crippen molar-refractivity contribution in [3.63, 3.8) is 0 Å². The number of rotatable bonds is 6. The van der Waals surface area contributed by atoms with E-state index in [-0.39, 0.29) is 12.5 Å². The number of nitrogens with zero attached hydrogens (tertiary/aromatic N) is 1. The van der Waals surface area contributed by atoms with Crippen LogP contribution in [0.3, 0.4) is 0 Å². The summed E-state index contributed by atoms with van der Waals surface area (Å²) in [6, 6.07) is 7.71. The largest absolute Gasteiger partial charge is 0.395 e. The molecule has 0 radical (unpaired) electrons. The van der Waals surface area contributed by atoms with E-state index in [2.05, 4.69) is 5.32 Å². The van der Waals surface area contributed by atoms with E-state index in [0.717, 1.165) is 11.3 Å². The van der Waals surface area contributed by atoms with Crippen LogP contribution in [0, 0.1) is 6.92 Å². The summed E-state index contributed by atoms with van der Waals surface area (Å²) in [7, 11) is 1.89. The number of aliphatic hydroxyl groups is 1. The lowest BCUT2D eigenvalue weighted by atomic mass is 10.2. The maximum absolute atomic E-state index is 11.7. The fourth-order valence-corrected chi connectivity index (χ4v) is 1.50. The first-order valence-electron chi connectivity index (χ1n) is 5.78. The lowest BCUT2D eigenvalue weighted by Crippen LogP contribution is -2.26. The normalized spacial score (nSPS) is 10.6. The van der Waals surface area contributed by atoms with E-state index in [0.29, 0.717) is 19.5 Å². The van der Waals surface area contributed by atoms with Gasteiger partial charge in [0.1, 0.15) is 0 Å². The Balaban J connectivity index is 2.37. The number of hydrogen-bond acceptors (Lipinski definition) is 3. The minimum Gasteiger partial charge on any atom is -0.395 e. The molecule has 0 bridgehead atoms. The van der Waals surface area contributed by atoms with E-state index in [1.807, 2.05) is 43.1 Å². The SMILES string of the molecule is Cc1ccccc1NC(=O)CCN(C)CCO. The van der Waals surface area contributed by atoms with Crippen LogP contribution in [0.2, 0.25) is 0 Å². The summed E-state index contributed by atoms with van der Waals surface area (Å²) in [6.07, 6.45) is 0.435. The lowest BCUT2D eigenvalue weighted by Gasteiger charge is -2.14. The molecule has 17 heavy (non-hydrogen) atoms. The highest BCUT2D eigenvalue weighted by atomic mass is 16.3. The lowest BCUT2D eigenvalue weighted by molar-refractivity contribution is -0.116. The second-order valence-corrected chi connectivity index (χ2v) is 4.14. The summed E-state index contributed by atoms with van der Waals surface area (Å²) in [5, 5.41) is 11.6. The van der Waals surface area contributed by atoms with Gasteiger partial charge >= 0.3 is 0 Å². The minimum atomic E-state index is 0.00379. The number of anilines is 1. The standard InChI is InChI=1S/C13H20N2O2/c1-11-5-3-4-6-12(11)14-13(17)7-8-15(2)9-10-16/h3-6,16H,7-10H2,1-2H3,(H,14,17). The molecule has 0 saturated heterocycles. The van der Waals surface area contributed by atoms with Crippen molar-refractivity contribution in [2.24, 2.45) is 0 Å². The van der Waals surface area contributed by atoms with Crippen LogP contribution in [0.25, 0.3) is 0 Å². The van der Waals surface area contributed by atoms with Crippen LogP contribution in [0.15, 0.2) is 24.3 Å². The molecule has 1 amide bonds. The molecule has 0 aliphatic heterocycles. The third kappa shape index (κ3) is 4.97. The number of amides is 1. The third-order valence-electron chi connectivity index (χ3n) is 2.62. The van der Waals surface area contributed by atoms with E-state index in [1.54, 1.807) is 0 Å². The summed E-state index contributed by atoms with van der Waals surface area (Å²) < 4.78 is 0.